The van der Waals surface area contributed by atoms with Crippen LogP contribution in [0.15, 0.2) is 23.4 Å². The van der Waals surface area contributed by atoms with Gasteiger partial charge in [0.05, 0.1) is 0 Å². The molecule has 0 unspecified atom stereocenters. The first-order valence-electron chi connectivity index (χ1n) is 4.22. The van der Waals surface area contributed by atoms with Gasteiger partial charge in [0.15, 0.2) is 0 Å². The van der Waals surface area contributed by atoms with Crippen molar-refractivity contribution in [2.75, 3.05) is 14.2 Å². The molecule has 1 rings (SSSR count). The highest BCUT2D eigenvalue weighted by molar-refractivity contribution is 5.55. The maximum Gasteiger partial charge on any atom is 0.124 e. The van der Waals surface area contributed by atoms with E-state index in [1.807, 2.05) is 12.2 Å². The maximum absolute atomic E-state index is 10.1. The molecule has 0 saturated heterocycles. The van der Waals surface area contributed by atoms with Crippen LogP contribution in [0.2, 0.25) is 0 Å². The summed E-state index contributed by atoms with van der Waals surface area (Å²) in [6, 6.07) is 0. The van der Waals surface area contributed by atoms with Gasteiger partial charge in [0.25, 0.3) is 0 Å². The number of aldehydes is 1. The normalized spacial score (nSPS) is 14.9. The Morgan fingerprint density at radius 3 is 2.46 bits per heavy atom. The van der Waals surface area contributed by atoms with Crippen molar-refractivity contribution >= 4 is 6.29 Å². The van der Waals surface area contributed by atoms with Crippen LogP contribution in [0.1, 0.15) is 19.3 Å². The quantitative estimate of drug-likeness (QED) is 0.658. The third-order valence-corrected chi connectivity index (χ3v) is 1.61. The number of hydrogen-bond donors (Lipinski definition) is 1. The van der Waals surface area contributed by atoms with E-state index in [1.165, 1.54) is 5.57 Å². The van der Waals surface area contributed by atoms with Crippen molar-refractivity contribution in [3.8, 4) is 0 Å². The van der Waals surface area contributed by atoms with E-state index in [-0.39, 0.29) is 0 Å². The molecule has 0 radical (unpaired) electrons. The van der Waals surface area contributed by atoms with E-state index in [4.69, 9.17) is 5.73 Å². The molecule has 0 saturated carbocycles. The van der Waals surface area contributed by atoms with E-state index in [0.29, 0.717) is 6.42 Å². The van der Waals surface area contributed by atoms with Gasteiger partial charge in [0, 0.05) is 26.3 Å². The highest BCUT2D eigenvalue weighted by Crippen LogP contribution is 2.16. The van der Waals surface area contributed by atoms with E-state index >= 15 is 0 Å². The average molecular weight is 183 g/mol. The number of carbonyl (C=O) groups is 1. The van der Waals surface area contributed by atoms with Crippen molar-refractivity contribution in [1.82, 2.24) is 0 Å². The van der Waals surface area contributed by atoms with E-state index in [0.717, 1.165) is 24.8 Å². The van der Waals surface area contributed by atoms with E-state index < -0.39 is 0 Å². The van der Waals surface area contributed by atoms with Crippen molar-refractivity contribution < 1.29 is 9.53 Å². The van der Waals surface area contributed by atoms with E-state index in [1.54, 1.807) is 14.2 Å². The van der Waals surface area contributed by atoms with Crippen LogP contribution in [0.5, 0.6) is 0 Å². The first-order chi connectivity index (χ1) is 6.24. The van der Waals surface area contributed by atoms with Crippen LogP contribution in [0.4, 0.5) is 0 Å². The van der Waals surface area contributed by atoms with Gasteiger partial charge in [-0.25, -0.2) is 0 Å². The van der Waals surface area contributed by atoms with Crippen LogP contribution < -0.4 is 5.73 Å². The summed E-state index contributed by atoms with van der Waals surface area (Å²) in [6.07, 6.45) is 7.15. The Kier molecular flexibility index (Phi) is 6.92. The number of nitrogens with two attached hydrogens (primary N) is 1. The molecular formula is C10H17NO2. The van der Waals surface area contributed by atoms with E-state index in [2.05, 4.69) is 4.74 Å². The van der Waals surface area contributed by atoms with Gasteiger partial charge in [-0.15, -0.1) is 0 Å². The monoisotopic (exact) mass is 183 g/mol. The van der Waals surface area contributed by atoms with Crippen molar-refractivity contribution in [2.45, 2.75) is 19.3 Å². The van der Waals surface area contributed by atoms with Gasteiger partial charge in [0.1, 0.15) is 6.29 Å². The smallest absolute Gasteiger partial charge is 0.124 e. The van der Waals surface area contributed by atoms with Gasteiger partial charge in [0.2, 0.25) is 0 Å². The molecule has 0 aromatic rings. The SMILES string of the molecule is COC.NC1=CC=C(CC=O)CC1. The summed E-state index contributed by atoms with van der Waals surface area (Å²) < 4.78 is 4.25. The fourth-order valence-electron chi connectivity index (χ4n) is 0.974. The summed E-state index contributed by atoms with van der Waals surface area (Å²) in [5.74, 6) is 0. The van der Waals surface area contributed by atoms with Crippen molar-refractivity contribution in [2.24, 2.45) is 5.73 Å². The number of allylic oxidation sites excluding steroid dienone is 4. The van der Waals surface area contributed by atoms with Crippen LogP contribution in [0, 0.1) is 0 Å². The van der Waals surface area contributed by atoms with Gasteiger partial charge in [-0.05, 0) is 18.9 Å². The molecule has 1 aliphatic carbocycles. The summed E-state index contributed by atoms with van der Waals surface area (Å²) in [4.78, 5) is 10.1. The van der Waals surface area contributed by atoms with Crippen molar-refractivity contribution in [1.29, 1.82) is 0 Å². The fourth-order valence-corrected chi connectivity index (χ4v) is 0.974. The first-order valence-corrected chi connectivity index (χ1v) is 4.22. The minimum absolute atomic E-state index is 0.559. The zero-order valence-electron chi connectivity index (χ0n) is 8.25. The molecule has 0 amide bonds. The highest BCUT2D eigenvalue weighted by Gasteiger charge is 2.01. The Hall–Kier alpha value is -1.09. The number of carbonyl (C=O) groups excluding carboxylic acids is 1. The third-order valence-electron chi connectivity index (χ3n) is 1.61. The maximum atomic E-state index is 10.1. The van der Waals surface area contributed by atoms with Crippen LogP contribution in [0.25, 0.3) is 0 Å². The second-order valence-electron chi connectivity index (χ2n) is 2.85. The second kappa shape index (κ2) is 7.55. The summed E-state index contributed by atoms with van der Waals surface area (Å²) >= 11 is 0. The van der Waals surface area contributed by atoms with Crippen LogP contribution >= 0.6 is 0 Å². The van der Waals surface area contributed by atoms with Crippen molar-refractivity contribution in [3.63, 3.8) is 0 Å². The topological polar surface area (TPSA) is 52.3 Å². The molecule has 0 bridgehead atoms. The molecule has 0 heterocycles. The first kappa shape index (κ1) is 11.9. The number of methoxy groups -OCH3 is 1. The number of hydrogen-bond acceptors (Lipinski definition) is 3. The zero-order chi connectivity index (χ0) is 10.1. The summed E-state index contributed by atoms with van der Waals surface area (Å²) in [5.41, 5.74) is 7.62. The molecule has 1 aliphatic rings. The van der Waals surface area contributed by atoms with Crippen molar-refractivity contribution in [3.05, 3.63) is 23.4 Å². The predicted octanol–water partition coefficient (Wildman–Crippen LogP) is 1.40. The minimum atomic E-state index is 0.559. The van der Waals surface area contributed by atoms with Gasteiger partial charge < -0.3 is 15.3 Å². The average Bonchev–Trinajstić information content (AvgIpc) is 2.11. The lowest BCUT2D eigenvalue weighted by Gasteiger charge is -2.08. The van der Waals surface area contributed by atoms with Crippen LogP contribution in [-0.4, -0.2) is 20.5 Å². The Bertz CT molecular complexity index is 207. The summed E-state index contributed by atoms with van der Waals surface area (Å²) in [5, 5.41) is 0. The summed E-state index contributed by atoms with van der Waals surface area (Å²) in [6.45, 7) is 0. The summed E-state index contributed by atoms with van der Waals surface area (Å²) in [7, 11) is 3.25. The van der Waals surface area contributed by atoms with Gasteiger partial charge in [-0.3, -0.25) is 0 Å². The molecule has 3 heteroatoms. The number of ether oxygens (including phenoxy) is 1. The Balaban J connectivity index is 0.000000424. The fraction of sp³-hybridized carbons (Fsp3) is 0.500. The molecule has 74 valence electrons. The molecule has 0 fully saturated rings. The predicted molar refractivity (Wildman–Crippen MR) is 53.2 cm³/mol. The van der Waals surface area contributed by atoms with Gasteiger partial charge >= 0.3 is 0 Å². The largest absolute Gasteiger partial charge is 0.402 e. The highest BCUT2D eigenvalue weighted by atomic mass is 16.4. The van der Waals surface area contributed by atoms with Crippen LogP contribution in [0.3, 0.4) is 0 Å². The second-order valence-corrected chi connectivity index (χ2v) is 2.85. The molecule has 0 aromatic heterocycles. The molecule has 3 nitrogen and oxygen atoms in total. The zero-order valence-corrected chi connectivity index (χ0v) is 8.25. The molecular weight excluding hydrogens is 166 g/mol. The molecule has 0 atom stereocenters. The Morgan fingerprint density at radius 1 is 1.46 bits per heavy atom. The molecule has 2 N–H and O–H groups in total. The van der Waals surface area contributed by atoms with Gasteiger partial charge in [-0.1, -0.05) is 11.6 Å². The number of rotatable bonds is 2. The standard InChI is InChI=1S/C8H11NO.C2H6O/c9-8-3-1-7(2-4-8)5-6-10;1-3-2/h1,3,6H,2,4-5,9H2;1-2H3. The molecule has 13 heavy (non-hydrogen) atoms. The van der Waals surface area contributed by atoms with E-state index in [9.17, 15) is 4.79 Å². The molecule has 0 spiro atoms. The lowest BCUT2D eigenvalue weighted by atomic mass is 10.0. The minimum Gasteiger partial charge on any atom is -0.402 e. The van der Waals surface area contributed by atoms with Gasteiger partial charge in [-0.2, -0.15) is 0 Å². The third kappa shape index (κ3) is 6.11. The van der Waals surface area contributed by atoms with Crippen LogP contribution in [-0.2, 0) is 9.53 Å². The molecule has 0 aliphatic heterocycles. The lowest BCUT2D eigenvalue weighted by Crippen LogP contribution is -2.01. The Morgan fingerprint density at radius 2 is 2.08 bits per heavy atom. The Labute approximate surface area is 79.3 Å². The molecule has 0 aromatic carbocycles. The lowest BCUT2D eigenvalue weighted by molar-refractivity contribution is -0.107.